The normalized spacial score (nSPS) is 11.9. The standard InChI is InChI=1S/C76H148O6/c1-4-7-10-13-16-19-22-25-27-29-31-32-33-34-35-36-37-38-39-40-41-42-43-45-46-48-51-54-57-60-63-66-69-75(78)81-72-73(71-80-74(77)68-65-62-59-56-53-50-24-21-18-15-12-9-6-3)82-76(79)70-67-64-61-58-55-52-49-47-44-30-28-26-23-20-17-14-11-8-5-2/h73H,4-72H2,1-3H3. The summed E-state index contributed by atoms with van der Waals surface area (Å²) >= 11 is 0. The number of unbranched alkanes of at least 4 members (excludes halogenated alkanes) is 61. The number of rotatable bonds is 72. The molecule has 0 bridgehead atoms. The SMILES string of the molecule is CCCCCCCCCCCCCCCCCCCCCCCCCCCCCCCCCCC(=O)OCC(COC(=O)CCCCCCCCCCCCCCC)OC(=O)CCCCCCCCCCCCCCCCCCCCC. The van der Waals surface area contributed by atoms with Gasteiger partial charge in [0.15, 0.2) is 6.10 Å². The zero-order chi connectivity index (χ0) is 59.2. The number of carbonyl (C=O) groups excluding carboxylic acids is 3. The molecule has 0 radical (unpaired) electrons. The zero-order valence-corrected chi connectivity index (χ0v) is 56.3. The van der Waals surface area contributed by atoms with E-state index in [1.165, 1.54) is 353 Å². The molecule has 0 spiro atoms. The van der Waals surface area contributed by atoms with Crippen molar-refractivity contribution in [3.05, 3.63) is 0 Å². The molecule has 1 unspecified atom stereocenters. The Balaban J connectivity index is 4.08. The van der Waals surface area contributed by atoms with Gasteiger partial charge in [-0.25, -0.2) is 0 Å². The van der Waals surface area contributed by atoms with Gasteiger partial charge in [-0.1, -0.05) is 412 Å². The second-order valence-corrected chi connectivity index (χ2v) is 26.3. The van der Waals surface area contributed by atoms with E-state index in [1.54, 1.807) is 0 Å². The second kappa shape index (κ2) is 71.9. The van der Waals surface area contributed by atoms with Crippen LogP contribution in [0.1, 0.15) is 451 Å². The fourth-order valence-corrected chi connectivity index (χ4v) is 12.2. The van der Waals surface area contributed by atoms with Crippen LogP contribution in [-0.4, -0.2) is 37.2 Å². The highest BCUT2D eigenvalue weighted by molar-refractivity contribution is 5.71. The van der Waals surface area contributed by atoms with Crippen LogP contribution in [0.3, 0.4) is 0 Å². The predicted octanol–water partition coefficient (Wildman–Crippen LogP) is 26.2. The minimum Gasteiger partial charge on any atom is -0.462 e. The molecule has 6 heteroatoms. The molecule has 0 aromatic carbocycles. The lowest BCUT2D eigenvalue weighted by Gasteiger charge is -2.18. The molecule has 0 heterocycles. The summed E-state index contributed by atoms with van der Waals surface area (Å²) in [6.07, 6.45) is 85.9. The molecular formula is C76H148O6. The summed E-state index contributed by atoms with van der Waals surface area (Å²) < 4.78 is 17.0. The lowest BCUT2D eigenvalue weighted by atomic mass is 10.0. The first-order chi connectivity index (χ1) is 40.5. The summed E-state index contributed by atoms with van der Waals surface area (Å²) in [5.74, 6) is -0.818. The Morgan fingerprint density at radius 2 is 0.329 bits per heavy atom. The number of esters is 3. The van der Waals surface area contributed by atoms with Gasteiger partial charge in [0, 0.05) is 19.3 Å². The summed E-state index contributed by atoms with van der Waals surface area (Å²) in [6, 6.07) is 0. The molecule has 6 nitrogen and oxygen atoms in total. The Morgan fingerprint density at radius 1 is 0.195 bits per heavy atom. The molecule has 0 fully saturated rings. The Bertz CT molecular complexity index is 1240. The Morgan fingerprint density at radius 3 is 0.488 bits per heavy atom. The summed E-state index contributed by atoms with van der Waals surface area (Å²) in [7, 11) is 0. The summed E-state index contributed by atoms with van der Waals surface area (Å²) in [4.78, 5) is 38.4. The maximum Gasteiger partial charge on any atom is 0.306 e. The van der Waals surface area contributed by atoms with Crippen LogP contribution in [0.5, 0.6) is 0 Å². The summed E-state index contributed by atoms with van der Waals surface area (Å²) in [5.41, 5.74) is 0. The second-order valence-electron chi connectivity index (χ2n) is 26.3. The van der Waals surface area contributed by atoms with E-state index < -0.39 is 6.10 Å². The Labute approximate surface area is 514 Å². The van der Waals surface area contributed by atoms with Crippen LogP contribution in [0.4, 0.5) is 0 Å². The first kappa shape index (κ1) is 80.4. The van der Waals surface area contributed by atoms with Crippen molar-refractivity contribution in [3.63, 3.8) is 0 Å². The molecule has 0 aromatic heterocycles. The molecule has 0 N–H and O–H groups in total. The van der Waals surface area contributed by atoms with Gasteiger partial charge in [0.1, 0.15) is 13.2 Å². The van der Waals surface area contributed by atoms with Crippen LogP contribution in [0.2, 0.25) is 0 Å². The fourth-order valence-electron chi connectivity index (χ4n) is 12.2. The lowest BCUT2D eigenvalue weighted by Crippen LogP contribution is -2.30. The molecule has 0 rings (SSSR count). The molecule has 488 valence electrons. The van der Waals surface area contributed by atoms with Crippen molar-refractivity contribution in [1.82, 2.24) is 0 Å². The van der Waals surface area contributed by atoms with Crippen LogP contribution in [0.25, 0.3) is 0 Å². The van der Waals surface area contributed by atoms with Gasteiger partial charge in [-0.2, -0.15) is 0 Å². The summed E-state index contributed by atoms with van der Waals surface area (Å²) in [6.45, 7) is 6.75. The first-order valence-electron chi connectivity index (χ1n) is 38.0. The topological polar surface area (TPSA) is 78.9 Å². The maximum atomic E-state index is 13.0. The largest absolute Gasteiger partial charge is 0.462 e. The smallest absolute Gasteiger partial charge is 0.306 e. The third kappa shape index (κ3) is 69.2. The highest BCUT2D eigenvalue weighted by Gasteiger charge is 2.20. The minimum absolute atomic E-state index is 0.0601. The average molecular weight is 1160 g/mol. The molecule has 0 aliphatic carbocycles. The van der Waals surface area contributed by atoms with E-state index in [2.05, 4.69) is 20.8 Å². The van der Waals surface area contributed by atoms with E-state index in [1.807, 2.05) is 0 Å². The van der Waals surface area contributed by atoms with E-state index in [9.17, 15) is 14.4 Å². The number of carbonyl (C=O) groups is 3. The summed E-state index contributed by atoms with van der Waals surface area (Å²) in [5, 5.41) is 0. The van der Waals surface area contributed by atoms with Gasteiger partial charge in [0.05, 0.1) is 0 Å². The van der Waals surface area contributed by atoms with Gasteiger partial charge in [0.2, 0.25) is 0 Å². The molecule has 0 aromatic rings. The third-order valence-electron chi connectivity index (χ3n) is 17.9. The monoisotopic (exact) mass is 1160 g/mol. The van der Waals surface area contributed by atoms with Gasteiger partial charge in [-0.05, 0) is 19.3 Å². The molecule has 0 aliphatic rings. The van der Waals surface area contributed by atoms with Crippen LogP contribution in [0.15, 0.2) is 0 Å². The highest BCUT2D eigenvalue weighted by atomic mass is 16.6. The maximum absolute atomic E-state index is 13.0. The Hall–Kier alpha value is -1.59. The van der Waals surface area contributed by atoms with Gasteiger partial charge >= 0.3 is 17.9 Å². The number of ether oxygens (including phenoxy) is 3. The minimum atomic E-state index is -0.763. The van der Waals surface area contributed by atoms with E-state index in [0.29, 0.717) is 19.3 Å². The first-order valence-corrected chi connectivity index (χ1v) is 38.0. The van der Waals surface area contributed by atoms with Crippen molar-refractivity contribution < 1.29 is 28.6 Å². The van der Waals surface area contributed by atoms with Crippen LogP contribution >= 0.6 is 0 Å². The van der Waals surface area contributed by atoms with E-state index in [-0.39, 0.29) is 31.1 Å². The number of hydrogen-bond donors (Lipinski definition) is 0. The van der Waals surface area contributed by atoms with Crippen LogP contribution in [-0.2, 0) is 28.6 Å². The average Bonchev–Trinajstić information content (AvgIpc) is 3.47. The van der Waals surface area contributed by atoms with E-state index >= 15 is 0 Å². The lowest BCUT2D eigenvalue weighted by molar-refractivity contribution is -0.167. The van der Waals surface area contributed by atoms with Crippen molar-refractivity contribution in [3.8, 4) is 0 Å². The van der Waals surface area contributed by atoms with Gasteiger partial charge < -0.3 is 14.2 Å². The highest BCUT2D eigenvalue weighted by Crippen LogP contribution is 2.20. The molecule has 0 aliphatic heterocycles. The van der Waals surface area contributed by atoms with Crippen LogP contribution in [0, 0.1) is 0 Å². The molecule has 82 heavy (non-hydrogen) atoms. The molecule has 0 amide bonds. The van der Waals surface area contributed by atoms with Gasteiger partial charge in [-0.15, -0.1) is 0 Å². The van der Waals surface area contributed by atoms with Crippen molar-refractivity contribution in [2.24, 2.45) is 0 Å². The molecule has 0 saturated carbocycles. The third-order valence-corrected chi connectivity index (χ3v) is 17.9. The van der Waals surface area contributed by atoms with Gasteiger partial charge in [-0.3, -0.25) is 14.4 Å². The van der Waals surface area contributed by atoms with Crippen molar-refractivity contribution >= 4 is 17.9 Å². The number of hydrogen-bond acceptors (Lipinski definition) is 6. The van der Waals surface area contributed by atoms with Crippen LogP contribution < -0.4 is 0 Å². The van der Waals surface area contributed by atoms with Gasteiger partial charge in [0.25, 0.3) is 0 Å². The molecular weight excluding hydrogens is 1010 g/mol. The quantitative estimate of drug-likeness (QED) is 0.0343. The van der Waals surface area contributed by atoms with E-state index in [4.69, 9.17) is 14.2 Å². The Kier molecular flexibility index (Phi) is 70.5. The van der Waals surface area contributed by atoms with Crippen molar-refractivity contribution in [1.29, 1.82) is 0 Å². The predicted molar refractivity (Wildman–Crippen MR) is 358 cm³/mol. The van der Waals surface area contributed by atoms with Crippen molar-refractivity contribution in [2.75, 3.05) is 13.2 Å². The van der Waals surface area contributed by atoms with E-state index in [0.717, 1.165) is 57.8 Å². The van der Waals surface area contributed by atoms with Crippen molar-refractivity contribution in [2.45, 2.75) is 457 Å². The zero-order valence-electron chi connectivity index (χ0n) is 56.3. The molecule has 0 saturated heterocycles. The fraction of sp³-hybridized carbons (Fsp3) is 0.961. The molecule has 1 atom stereocenters.